The number of rotatable bonds is 2. The molecule has 1 aromatic rings. The molecule has 1 saturated heterocycles. The zero-order valence-electron chi connectivity index (χ0n) is 8.62. The molecule has 15 heavy (non-hydrogen) atoms. The van der Waals surface area contributed by atoms with Gasteiger partial charge in [-0.15, -0.1) is 0 Å². The minimum absolute atomic E-state index is 0.159. The fourth-order valence-electron chi connectivity index (χ4n) is 2.60. The predicted molar refractivity (Wildman–Crippen MR) is 61.8 cm³/mol. The maximum Gasteiger partial charge on any atom is 0.0406 e. The fraction of sp³-hybridized carbons (Fsp3) is 0.500. The van der Waals surface area contributed by atoms with Crippen molar-refractivity contribution in [1.82, 2.24) is 4.90 Å². The molecule has 0 aromatic heterocycles. The third kappa shape index (κ3) is 1.78. The van der Waals surface area contributed by atoms with Gasteiger partial charge in [0.1, 0.15) is 0 Å². The van der Waals surface area contributed by atoms with Crippen LogP contribution in [0.15, 0.2) is 24.3 Å². The van der Waals surface area contributed by atoms with Crippen molar-refractivity contribution in [3.63, 3.8) is 0 Å². The van der Waals surface area contributed by atoms with Crippen molar-refractivity contribution in [3.05, 3.63) is 34.9 Å². The number of benzene rings is 1. The van der Waals surface area contributed by atoms with Crippen molar-refractivity contribution in [2.24, 2.45) is 11.7 Å². The molecule has 0 spiro atoms. The van der Waals surface area contributed by atoms with Crippen molar-refractivity contribution < 1.29 is 0 Å². The van der Waals surface area contributed by atoms with Crippen LogP contribution >= 0.6 is 11.6 Å². The Morgan fingerprint density at radius 3 is 2.73 bits per heavy atom. The second-order valence-corrected chi connectivity index (χ2v) is 5.37. The Kier molecular flexibility index (Phi) is 2.06. The van der Waals surface area contributed by atoms with Crippen LogP contribution in [0.5, 0.6) is 0 Å². The molecule has 3 rings (SSSR count). The number of nitrogens with two attached hydrogens (primary N) is 1. The highest BCUT2D eigenvalue weighted by atomic mass is 35.5. The summed E-state index contributed by atoms with van der Waals surface area (Å²) in [6.45, 7) is 3.23. The Morgan fingerprint density at radius 1 is 1.40 bits per heavy atom. The SMILES string of the molecule is N[C@]12C[C@@H]1CN(Cc1ccc(Cl)cc1)C2. The molecule has 0 unspecified atom stereocenters. The highest BCUT2D eigenvalue weighted by molar-refractivity contribution is 6.30. The third-order valence-electron chi connectivity index (χ3n) is 3.60. The first-order chi connectivity index (χ1) is 7.16. The van der Waals surface area contributed by atoms with Crippen LogP contribution in [-0.4, -0.2) is 23.5 Å². The normalized spacial score (nSPS) is 34.1. The minimum atomic E-state index is 0.159. The van der Waals surface area contributed by atoms with Crippen LogP contribution in [0.2, 0.25) is 5.02 Å². The molecule has 2 fully saturated rings. The molecular formula is C12H15ClN2. The number of piperidine rings is 1. The Balaban J connectivity index is 1.64. The molecule has 80 valence electrons. The molecule has 2 atom stereocenters. The van der Waals surface area contributed by atoms with E-state index in [2.05, 4.69) is 17.0 Å². The standard InChI is InChI=1S/C12H15ClN2/c13-11-3-1-9(2-4-11)6-15-7-10-5-12(10,14)8-15/h1-4,10H,5-8,14H2/t10-,12+/m1/s1. The van der Waals surface area contributed by atoms with Crippen LogP contribution in [0.1, 0.15) is 12.0 Å². The van der Waals surface area contributed by atoms with E-state index in [-0.39, 0.29) is 5.54 Å². The van der Waals surface area contributed by atoms with E-state index < -0.39 is 0 Å². The van der Waals surface area contributed by atoms with Crippen molar-refractivity contribution in [2.45, 2.75) is 18.5 Å². The topological polar surface area (TPSA) is 29.3 Å². The van der Waals surface area contributed by atoms with E-state index >= 15 is 0 Å². The summed E-state index contributed by atoms with van der Waals surface area (Å²) in [5, 5.41) is 0.804. The van der Waals surface area contributed by atoms with Crippen LogP contribution in [0.25, 0.3) is 0 Å². The lowest BCUT2D eigenvalue weighted by atomic mass is 10.2. The van der Waals surface area contributed by atoms with Crippen LogP contribution < -0.4 is 5.73 Å². The molecule has 2 N–H and O–H groups in total. The van der Waals surface area contributed by atoms with E-state index in [0.29, 0.717) is 0 Å². The molecule has 1 aliphatic heterocycles. The largest absolute Gasteiger partial charge is 0.324 e. The number of nitrogens with zero attached hydrogens (tertiary/aromatic N) is 1. The van der Waals surface area contributed by atoms with Crippen LogP contribution in [0.4, 0.5) is 0 Å². The first kappa shape index (κ1) is 9.64. The molecule has 1 aromatic carbocycles. The van der Waals surface area contributed by atoms with Gasteiger partial charge in [-0.1, -0.05) is 23.7 Å². The summed E-state index contributed by atoms with van der Waals surface area (Å²) < 4.78 is 0. The Bertz CT molecular complexity index is 376. The number of likely N-dealkylation sites (tertiary alicyclic amines) is 1. The zero-order valence-corrected chi connectivity index (χ0v) is 9.37. The quantitative estimate of drug-likeness (QED) is 0.828. The summed E-state index contributed by atoms with van der Waals surface area (Å²) >= 11 is 5.85. The Labute approximate surface area is 95.0 Å². The van der Waals surface area contributed by atoms with Crippen LogP contribution in [0, 0.1) is 5.92 Å². The Morgan fingerprint density at radius 2 is 2.13 bits per heavy atom. The zero-order chi connectivity index (χ0) is 10.5. The molecule has 0 bridgehead atoms. The third-order valence-corrected chi connectivity index (χ3v) is 3.85. The molecule has 0 radical (unpaired) electrons. The lowest BCUT2D eigenvalue weighted by Gasteiger charge is -2.18. The molecule has 1 aliphatic carbocycles. The smallest absolute Gasteiger partial charge is 0.0406 e. The van der Waals surface area contributed by atoms with Gasteiger partial charge in [0.05, 0.1) is 0 Å². The monoisotopic (exact) mass is 222 g/mol. The fourth-order valence-corrected chi connectivity index (χ4v) is 2.73. The molecule has 1 saturated carbocycles. The van der Waals surface area contributed by atoms with Gasteiger partial charge in [-0.25, -0.2) is 0 Å². The summed E-state index contributed by atoms with van der Waals surface area (Å²) in [4.78, 5) is 2.44. The average molecular weight is 223 g/mol. The first-order valence-corrected chi connectivity index (χ1v) is 5.79. The highest BCUT2D eigenvalue weighted by Gasteiger charge is 2.56. The maximum atomic E-state index is 6.16. The minimum Gasteiger partial charge on any atom is -0.324 e. The maximum absolute atomic E-state index is 6.16. The second-order valence-electron chi connectivity index (χ2n) is 4.93. The molecule has 2 aliphatic rings. The van der Waals surface area contributed by atoms with E-state index in [1.165, 1.54) is 18.5 Å². The molecule has 3 heteroatoms. The average Bonchev–Trinajstić information content (AvgIpc) is 2.70. The number of hydrogen-bond acceptors (Lipinski definition) is 2. The van der Waals surface area contributed by atoms with E-state index in [4.69, 9.17) is 17.3 Å². The van der Waals surface area contributed by atoms with Gasteiger partial charge < -0.3 is 5.73 Å². The number of halogens is 1. The lowest BCUT2D eigenvalue weighted by molar-refractivity contribution is 0.291. The van der Waals surface area contributed by atoms with Crippen molar-refractivity contribution in [3.8, 4) is 0 Å². The van der Waals surface area contributed by atoms with Gasteiger partial charge in [0, 0.05) is 30.2 Å². The van der Waals surface area contributed by atoms with E-state index in [1.54, 1.807) is 0 Å². The summed E-state index contributed by atoms with van der Waals surface area (Å²) in [6, 6.07) is 8.09. The van der Waals surface area contributed by atoms with Gasteiger partial charge in [0.25, 0.3) is 0 Å². The second kappa shape index (κ2) is 3.21. The number of fused-ring (bicyclic) bond motifs is 1. The van der Waals surface area contributed by atoms with Crippen molar-refractivity contribution in [1.29, 1.82) is 0 Å². The van der Waals surface area contributed by atoms with Crippen LogP contribution in [0.3, 0.4) is 0 Å². The Hall–Kier alpha value is -0.570. The van der Waals surface area contributed by atoms with Gasteiger partial charge in [0.2, 0.25) is 0 Å². The predicted octanol–water partition coefficient (Wildman–Crippen LogP) is 1.87. The van der Waals surface area contributed by atoms with Gasteiger partial charge >= 0.3 is 0 Å². The summed E-state index contributed by atoms with van der Waals surface area (Å²) in [5.41, 5.74) is 7.64. The number of hydrogen-bond donors (Lipinski definition) is 1. The highest BCUT2D eigenvalue weighted by Crippen LogP contribution is 2.47. The summed E-state index contributed by atoms with van der Waals surface area (Å²) in [6.07, 6.45) is 1.23. The molecule has 1 heterocycles. The van der Waals surface area contributed by atoms with E-state index in [9.17, 15) is 0 Å². The summed E-state index contributed by atoms with van der Waals surface area (Å²) in [7, 11) is 0. The molecule has 0 amide bonds. The van der Waals surface area contributed by atoms with Crippen molar-refractivity contribution >= 4 is 11.6 Å². The van der Waals surface area contributed by atoms with Crippen LogP contribution in [-0.2, 0) is 6.54 Å². The van der Waals surface area contributed by atoms with Gasteiger partial charge in [-0.05, 0) is 30.0 Å². The van der Waals surface area contributed by atoms with Gasteiger partial charge in [-0.2, -0.15) is 0 Å². The van der Waals surface area contributed by atoms with E-state index in [0.717, 1.165) is 24.0 Å². The molecule has 2 nitrogen and oxygen atoms in total. The van der Waals surface area contributed by atoms with E-state index in [1.807, 2.05) is 12.1 Å². The van der Waals surface area contributed by atoms with Gasteiger partial charge in [-0.3, -0.25) is 4.90 Å². The lowest BCUT2D eigenvalue weighted by Crippen LogP contribution is -2.32. The summed E-state index contributed by atoms with van der Waals surface area (Å²) in [5.74, 6) is 0.754. The first-order valence-electron chi connectivity index (χ1n) is 5.41. The van der Waals surface area contributed by atoms with Crippen molar-refractivity contribution in [2.75, 3.05) is 13.1 Å². The molecular weight excluding hydrogens is 208 g/mol. The van der Waals surface area contributed by atoms with Gasteiger partial charge in [0.15, 0.2) is 0 Å².